The Morgan fingerprint density at radius 3 is 2.81 bits per heavy atom. The highest BCUT2D eigenvalue weighted by molar-refractivity contribution is 9.10. The zero-order chi connectivity index (χ0) is 12.1. The van der Waals surface area contributed by atoms with Gasteiger partial charge in [-0.2, -0.15) is 0 Å². The normalized spacial score (nSPS) is 9.69. The monoisotopic (exact) mass is 303 g/mol. The molecule has 0 aliphatic rings. The van der Waals surface area contributed by atoms with Crippen LogP contribution in [0.2, 0.25) is 0 Å². The van der Waals surface area contributed by atoms with Crippen LogP contribution in [0.4, 0.5) is 0 Å². The summed E-state index contributed by atoms with van der Waals surface area (Å²) in [7, 11) is 1.57. The first kappa shape index (κ1) is 13.1. The number of methoxy groups -OCH3 is 1. The van der Waals surface area contributed by atoms with E-state index in [4.69, 9.17) is 16.3 Å². The van der Waals surface area contributed by atoms with Crippen LogP contribution < -0.4 is 10.1 Å². The molecule has 0 bridgehead atoms. The molecule has 0 aromatic heterocycles. The molecule has 86 valence electrons. The van der Waals surface area contributed by atoms with Crippen LogP contribution in [0.3, 0.4) is 0 Å². The highest BCUT2D eigenvalue weighted by atomic mass is 79.9. The van der Waals surface area contributed by atoms with E-state index >= 15 is 0 Å². The maximum Gasteiger partial charge on any atom is 0.251 e. The fourth-order valence-corrected chi connectivity index (χ4v) is 1.69. The van der Waals surface area contributed by atoms with Crippen molar-refractivity contribution in [2.75, 3.05) is 13.7 Å². The highest BCUT2D eigenvalue weighted by Gasteiger charge is 2.08. The molecule has 1 N–H and O–H groups in total. The molecule has 16 heavy (non-hydrogen) atoms. The van der Waals surface area contributed by atoms with Crippen molar-refractivity contribution >= 4 is 33.4 Å². The fourth-order valence-electron chi connectivity index (χ4n) is 1.09. The Labute approximate surface area is 108 Å². The van der Waals surface area contributed by atoms with Gasteiger partial charge in [-0.05, 0) is 34.1 Å². The summed E-state index contributed by atoms with van der Waals surface area (Å²) < 4.78 is 5.79. The fraction of sp³-hybridized carbons (Fsp3) is 0.182. The van der Waals surface area contributed by atoms with Gasteiger partial charge in [-0.3, -0.25) is 4.79 Å². The van der Waals surface area contributed by atoms with Crippen molar-refractivity contribution in [3.8, 4) is 5.75 Å². The molecule has 0 aliphatic carbocycles. The van der Waals surface area contributed by atoms with E-state index in [1.54, 1.807) is 25.3 Å². The van der Waals surface area contributed by atoms with Gasteiger partial charge in [0.15, 0.2) is 0 Å². The number of carbonyl (C=O) groups is 1. The van der Waals surface area contributed by atoms with Gasteiger partial charge in [0.2, 0.25) is 0 Å². The van der Waals surface area contributed by atoms with Gasteiger partial charge in [0.25, 0.3) is 5.91 Å². The van der Waals surface area contributed by atoms with E-state index < -0.39 is 0 Å². The summed E-state index contributed by atoms with van der Waals surface area (Å²) in [6.45, 7) is 3.74. The zero-order valence-corrected chi connectivity index (χ0v) is 11.1. The third kappa shape index (κ3) is 3.54. The molecule has 0 saturated heterocycles. The summed E-state index contributed by atoms with van der Waals surface area (Å²) in [6.07, 6.45) is 0. The Bertz CT molecular complexity index is 420. The summed E-state index contributed by atoms with van der Waals surface area (Å²) in [4.78, 5) is 11.6. The Morgan fingerprint density at radius 2 is 2.31 bits per heavy atom. The Balaban J connectivity index is 2.77. The summed E-state index contributed by atoms with van der Waals surface area (Å²) in [5.74, 6) is 0.475. The minimum Gasteiger partial charge on any atom is -0.496 e. The standard InChI is InChI=1S/C11H11BrClNO2/c1-7(13)6-14-11(15)8-3-4-10(16-2)9(12)5-8/h3-5H,1,6H2,2H3,(H,14,15). The number of nitrogens with one attached hydrogen (secondary N) is 1. The van der Waals surface area contributed by atoms with E-state index in [1.807, 2.05) is 0 Å². The van der Waals surface area contributed by atoms with Crippen molar-refractivity contribution in [3.63, 3.8) is 0 Å². The van der Waals surface area contributed by atoms with Crippen molar-refractivity contribution in [2.45, 2.75) is 0 Å². The van der Waals surface area contributed by atoms with E-state index in [1.165, 1.54) is 0 Å². The van der Waals surface area contributed by atoms with Gasteiger partial charge in [-0.1, -0.05) is 18.2 Å². The molecule has 0 saturated carbocycles. The number of rotatable bonds is 4. The lowest BCUT2D eigenvalue weighted by Gasteiger charge is -2.07. The lowest BCUT2D eigenvalue weighted by Crippen LogP contribution is -2.24. The second-order valence-corrected chi connectivity index (χ2v) is 4.44. The summed E-state index contributed by atoms with van der Waals surface area (Å²) in [6, 6.07) is 5.08. The molecule has 0 unspecified atom stereocenters. The molecule has 0 aliphatic heterocycles. The summed E-state index contributed by atoms with van der Waals surface area (Å²) in [5, 5.41) is 3.02. The third-order valence-corrected chi connectivity index (χ3v) is 2.61. The van der Waals surface area contributed by atoms with Crippen molar-refractivity contribution < 1.29 is 9.53 Å². The number of carbonyl (C=O) groups excluding carboxylic acids is 1. The maximum absolute atomic E-state index is 11.6. The van der Waals surface area contributed by atoms with Crippen LogP contribution in [0.15, 0.2) is 34.3 Å². The molecule has 0 atom stereocenters. The van der Waals surface area contributed by atoms with E-state index in [0.29, 0.717) is 16.3 Å². The number of amides is 1. The largest absolute Gasteiger partial charge is 0.496 e. The SMILES string of the molecule is C=C(Cl)CNC(=O)c1ccc(OC)c(Br)c1. The first-order valence-electron chi connectivity index (χ1n) is 4.49. The number of hydrogen-bond acceptors (Lipinski definition) is 2. The first-order valence-corrected chi connectivity index (χ1v) is 5.66. The van der Waals surface area contributed by atoms with Gasteiger partial charge < -0.3 is 10.1 Å². The Hall–Kier alpha value is -1.00. The minimum atomic E-state index is -0.204. The summed E-state index contributed by atoms with van der Waals surface area (Å²) >= 11 is 8.86. The van der Waals surface area contributed by atoms with Crippen LogP contribution in [0.5, 0.6) is 5.75 Å². The average Bonchev–Trinajstić information content (AvgIpc) is 2.25. The molecule has 0 heterocycles. The van der Waals surface area contributed by atoms with Crippen LogP contribution >= 0.6 is 27.5 Å². The highest BCUT2D eigenvalue weighted by Crippen LogP contribution is 2.25. The third-order valence-electron chi connectivity index (χ3n) is 1.85. The number of halogens is 2. The lowest BCUT2D eigenvalue weighted by atomic mass is 10.2. The molecular weight excluding hydrogens is 293 g/mol. The van der Waals surface area contributed by atoms with Gasteiger partial charge in [0.05, 0.1) is 18.1 Å². The summed E-state index contributed by atoms with van der Waals surface area (Å²) in [5.41, 5.74) is 0.533. The Morgan fingerprint density at radius 1 is 1.62 bits per heavy atom. The van der Waals surface area contributed by atoms with Crippen LogP contribution in [-0.4, -0.2) is 19.6 Å². The molecule has 0 spiro atoms. The molecule has 1 aromatic carbocycles. The van der Waals surface area contributed by atoms with E-state index in [0.717, 1.165) is 4.47 Å². The molecule has 1 aromatic rings. The minimum absolute atomic E-state index is 0.204. The van der Waals surface area contributed by atoms with Crippen LogP contribution in [0, 0.1) is 0 Å². The van der Waals surface area contributed by atoms with Gasteiger partial charge >= 0.3 is 0 Å². The van der Waals surface area contributed by atoms with E-state index in [-0.39, 0.29) is 12.5 Å². The lowest BCUT2D eigenvalue weighted by molar-refractivity contribution is 0.0957. The average molecular weight is 305 g/mol. The maximum atomic E-state index is 11.6. The number of ether oxygens (including phenoxy) is 1. The predicted molar refractivity (Wildman–Crippen MR) is 68.0 cm³/mol. The topological polar surface area (TPSA) is 38.3 Å². The van der Waals surface area contributed by atoms with Gasteiger partial charge in [0.1, 0.15) is 5.75 Å². The molecule has 1 rings (SSSR count). The molecule has 0 fully saturated rings. The molecule has 0 radical (unpaired) electrons. The van der Waals surface area contributed by atoms with Crippen molar-refractivity contribution in [1.29, 1.82) is 0 Å². The van der Waals surface area contributed by atoms with Gasteiger partial charge in [-0.15, -0.1) is 0 Å². The van der Waals surface area contributed by atoms with Gasteiger partial charge in [-0.25, -0.2) is 0 Å². The van der Waals surface area contributed by atoms with Crippen molar-refractivity contribution in [1.82, 2.24) is 5.32 Å². The van der Waals surface area contributed by atoms with Crippen LogP contribution in [0.25, 0.3) is 0 Å². The van der Waals surface area contributed by atoms with E-state index in [9.17, 15) is 4.79 Å². The molecular formula is C11H11BrClNO2. The molecule has 1 amide bonds. The Kier molecular flexibility index (Phi) is 4.83. The second kappa shape index (κ2) is 5.92. The van der Waals surface area contributed by atoms with Crippen LogP contribution in [0.1, 0.15) is 10.4 Å². The second-order valence-electron chi connectivity index (χ2n) is 3.05. The smallest absolute Gasteiger partial charge is 0.251 e. The van der Waals surface area contributed by atoms with Crippen molar-refractivity contribution in [3.05, 3.63) is 39.8 Å². The molecule has 5 heteroatoms. The zero-order valence-electron chi connectivity index (χ0n) is 8.72. The van der Waals surface area contributed by atoms with E-state index in [2.05, 4.69) is 27.8 Å². The van der Waals surface area contributed by atoms with Crippen LogP contribution in [-0.2, 0) is 0 Å². The number of benzene rings is 1. The first-order chi connectivity index (χ1) is 7.54. The molecule has 3 nitrogen and oxygen atoms in total. The number of hydrogen-bond donors (Lipinski definition) is 1. The van der Waals surface area contributed by atoms with Gasteiger partial charge in [0, 0.05) is 10.6 Å². The van der Waals surface area contributed by atoms with Crippen molar-refractivity contribution in [2.24, 2.45) is 0 Å². The predicted octanol–water partition coefficient (Wildman–Crippen LogP) is 2.94. The quantitative estimate of drug-likeness (QED) is 0.929.